The Morgan fingerprint density at radius 1 is 1.06 bits per heavy atom. The Hall–Kier alpha value is -1.25. The minimum Gasteiger partial charge on any atom is -0.494 e. The molecule has 0 aromatic heterocycles. The van der Waals surface area contributed by atoms with Gasteiger partial charge in [0.15, 0.2) is 0 Å². The van der Waals surface area contributed by atoms with E-state index < -0.39 is 0 Å². The van der Waals surface area contributed by atoms with Crippen LogP contribution in [0.25, 0.3) is 0 Å². The zero-order chi connectivity index (χ0) is 12.9. The van der Waals surface area contributed by atoms with Crippen molar-refractivity contribution in [1.29, 1.82) is 0 Å². The predicted octanol–water partition coefficient (Wildman–Crippen LogP) is 4.04. The van der Waals surface area contributed by atoms with E-state index in [4.69, 9.17) is 9.47 Å². The molecule has 3 heteroatoms. The summed E-state index contributed by atoms with van der Waals surface area (Å²) in [6.07, 6.45) is 1.01. The minimum atomic E-state index is -0.333. The van der Waals surface area contributed by atoms with Gasteiger partial charge in [-0.25, -0.2) is 4.39 Å². The third-order valence-electron chi connectivity index (χ3n) is 2.74. The summed E-state index contributed by atoms with van der Waals surface area (Å²) in [7, 11) is 0. The summed E-state index contributed by atoms with van der Waals surface area (Å²) in [6.45, 7) is 9.31. The van der Waals surface area contributed by atoms with Crippen molar-refractivity contribution in [3.63, 3.8) is 0 Å². The second kappa shape index (κ2) is 5.89. The average Bonchev–Trinajstić information content (AvgIpc) is 2.26. The molecule has 0 atom stereocenters. The van der Waals surface area contributed by atoms with Crippen molar-refractivity contribution in [3.05, 3.63) is 24.0 Å². The van der Waals surface area contributed by atoms with Crippen LogP contribution in [0, 0.1) is 11.2 Å². The highest BCUT2D eigenvalue weighted by molar-refractivity contribution is 5.34. The molecule has 2 nitrogen and oxygen atoms in total. The van der Waals surface area contributed by atoms with Crippen LogP contribution in [-0.2, 0) is 0 Å². The smallest absolute Gasteiger partial charge is 0.130 e. The number of hydrogen-bond donors (Lipinski definition) is 0. The van der Waals surface area contributed by atoms with Crippen LogP contribution < -0.4 is 9.47 Å². The molecule has 0 amide bonds. The molecule has 1 aromatic carbocycles. The van der Waals surface area contributed by atoms with Crippen molar-refractivity contribution in [2.75, 3.05) is 13.2 Å². The van der Waals surface area contributed by atoms with E-state index in [2.05, 4.69) is 20.8 Å². The SMILES string of the molecule is CCOc1cc(F)cc(OCC(C)(C)CC)c1. The van der Waals surface area contributed by atoms with Gasteiger partial charge in [-0.05, 0) is 18.8 Å². The molecule has 0 bridgehead atoms. The van der Waals surface area contributed by atoms with Gasteiger partial charge in [0.25, 0.3) is 0 Å². The summed E-state index contributed by atoms with van der Waals surface area (Å²) in [5.74, 6) is 0.701. The van der Waals surface area contributed by atoms with E-state index in [1.54, 1.807) is 6.07 Å². The molecular weight excluding hydrogens is 219 g/mol. The number of benzene rings is 1. The van der Waals surface area contributed by atoms with Crippen LogP contribution in [0.5, 0.6) is 11.5 Å². The van der Waals surface area contributed by atoms with Gasteiger partial charge < -0.3 is 9.47 Å². The summed E-state index contributed by atoms with van der Waals surface area (Å²) in [4.78, 5) is 0. The van der Waals surface area contributed by atoms with Gasteiger partial charge in [-0.3, -0.25) is 0 Å². The van der Waals surface area contributed by atoms with E-state index in [0.29, 0.717) is 24.7 Å². The summed E-state index contributed by atoms with van der Waals surface area (Å²) >= 11 is 0. The van der Waals surface area contributed by atoms with Crippen LogP contribution in [-0.4, -0.2) is 13.2 Å². The molecule has 0 aliphatic heterocycles. The van der Waals surface area contributed by atoms with Crippen molar-refractivity contribution in [1.82, 2.24) is 0 Å². The fourth-order valence-electron chi connectivity index (χ4n) is 1.25. The van der Waals surface area contributed by atoms with Crippen molar-refractivity contribution < 1.29 is 13.9 Å². The molecule has 0 aliphatic carbocycles. The molecule has 1 aromatic rings. The quantitative estimate of drug-likeness (QED) is 0.747. The maximum atomic E-state index is 13.3. The Labute approximate surface area is 103 Å². The first-order valence-corrected chi connectivity index (χ1v) is 6.03. The van der Waals surface area contributed by atoms with Gasteiger partial charge in [0.1, 0.15) is 17.3 Å². The van der Waals surface area contributed by atoms with Crippen molar-refractivity contribution >= 4 is 0 Å². The normalized spacial score (nSPS) is 11.4. The monoisotopic (exact) mass is 240 g/mol. The lowest BCUT2D eigenvalue weighted by Gasteiger charge is -2.22. The molecule has 0 unspecified atom stereocenters. The molecule has 0 heterocycles. The van der Waals surface area contributed by atoms with Crippen LogP contribution in [0.2, 0.25) is 0 Å². The molecule has 96 valence electrons. The zero-order valence-corrected chi connectivity index (χ0v) is 11.0. The Balaban J connectivity index is 2.70. The Morgan fingerprint density at radius 2 is 1.65 bits per heavy atom. The standard InChI is InChI=1S/C14H21FO2/c1-5-14(3,4)10-17-13-8-11(15)7-12(9-13)16-6-2/h7-9H,5-6,10H2,1-4H3. The molecule has 0 radical (unpaired) electrons. The van der Waals surface area contributed by atoms with Crippen LogP contribution in [0.15, 0.2) is 18.2 Å². The summed E-state index contributed by atoms with van der Waals surface area (Å²) < 4.78 is 24.2. The topological polar surface area (TPSA) is 18.5 Å². The predicted molar refractivity (Wildman–Crippen MR) is 67.1 cm³/mol. The summed E-state index contributed by atoms with van der Waals surface area (Å²) in [6, 6.07) is 4.47. The van der Waals surface area contributed by atoms with Crippen LogP contribution in [0.3, 0.4) is 0 Å². The van der Waals surface area contributed by atoms with E-state index in [-0.39, 0.29) is 11.2 Å². The molecule has 1 rings (SSSR count). The molecule has 0 N–H and O–H groups in total. The first-order valence-electron chi connectivity index (χ1n) is 6.03. The Bertz CT molecular complexity index is 361. The Kier molecular flexibility index (Phi) is 4.79. The zero-order valence-electron chi connectivity index (χ0n) is 11.0. The van der Waals surface area contributed by atoms with E-state index in [9.17, 15) is 4.39 Å². The van der Waals surface area contributed by atoms with Gasteiger partial charge in [-0.1, -0.05) is 20.8 Å². The van der Waals surface area contributed by atoms with Gasteiger partial charge >= 0.3 is 0 Å². The highest BCUT2D eigenvalue weighted by atomic mass is 19.1. The molecule has 0 saturated heterocycles. The number of rotatable bonds is 6. The number of hydrogen-bond acceptors (Lipinski definition) is 2. The molecule has 0 saturated carbocycles. The van der Waals surface area contributed by atoms with Gasteiger partial charge in [-0.2, -0.15) is 0 Å². The van der Waals surface area contributed by atoms with Crippen LogP contribution >= 0.6 is 0 Å². The molecule has 0 aliphatic rings. The lowest BCUT2D eigenvalue weighted by atomic mass is 9.92. The minimum absolute atomic E-state index is 0.0953. The maximum Gasteiger partial charge on any atom is 0.130 e. The van der Waals surface area contributed by atoms with Gasteiger partial charge in [-0.15, -0.1) is 0 Å². The second-order valence-corrected chi connectivity index (χ2v) is 4.86. The fourth-order valence-corrected chi connectivity index (χ4v) is 1.25. The third-order valence-corrected chi connectivity index (χ3v) is 2.74. The van der Waals surface area contributed by atoms with Gasteiger partial charge in [0, 0.05) is 18.2 Å². The lowest BCUT2D eigenvalue weighted by molar-refractivity contribution is 0.174. The molecule has 17 heavy (non-hydrogen) atoms. The largest absolute Gasteiger partial charge is 0.494 e. The fraction of sp³-hybridized carbons (Fsp3) is 0.571. The highest BCUT2D eigenvalue weighted by Crippen LogP contribution is 2.25. The van der Waals surface area contributed by atoms with Crippen molar-refractivity contribution in [3.8, 4) is 11.5 Å². The van der Waals surface area contributed by atoms with Crippen LogP contribution in [0.1, 0.15) is 34.1 Å². The molecule has 0 spiro atoms. The molecular formula is C14H21FO2. The summed E-state index contributed by atoms with van der Waals surface area (Å²) in [5.41, 5.74) is 0.0953. The lowest BCUT2D eigenvalue weighted by Crippen LogP contribution is -2.20. The van der Waals surface area contributed by atoms with Gasteiger partial charge in [0.2, 0.25) is 0 Å². The highest BCUT2D eigenvalue weighted by Gasteiger charge is 2.16. The first kappa shape index (κ1) is 13.8. The third kappa shape index (κ3) is 4.63. The average molecular weight is 240 g/mol. The first-order chi connectivity index (χ1) is 7.96. The van der Waals surface area contributed by atoms with E-state index in [1.165, 1.54) is 12.1 Å². The Morgan fingerprint density at radius 3 is 2.18 bits per heavy atom. The number of ether oxygens (including phenoxy) is 2. The van der Waals surface area contributed by atoms with E-state index >= 15 is 0 Å². The number of halogens is 1. The van der Waals surface area contributed by atoms with E-state index in [0.717, 1.165) is 6.42 Å². The summed E-state index contributed by atoms with van der Waals surface area (Å²) in [5, 5.41) is 0. The maximum absolute atomic E-state index is 13.3. The molecule has 0 fully saturated rings. The van der Waals surface area contributed by atoms with Gasteiger partial charge in [0.05, 0.1) is 13.2 Å². The van der Waals surface area contributed by atoms with Crippen molar-refractivity contribution in [2.45, 2.75) is 34.1 Å². The van der Waals surface area contributed by atoms with E-state index in [1.807, 2.05) is 6.92 Å². The second-order valence-electron chi connectivity index (χ2n) is 4.86. The van der Waals surface area contributed by atoms with Crippen molar-refractivity contribution in [2.24, 2.45) is 5.41 Å². The van der Waals surface area contributed by atoms with Crippen LogP contribution in [0.4, 0.5) is 4.39 Å².